The Bertz CT molecular complexity index is 716. The quantitative estimate of drug-likeness (QED) is 0.460. The normalized spacial score (nSPS) is 14.8. The Morgan fingerprint density at radius 3 is 2.00 bits per heavy atom. The highest BCUT2D eigenvalue weighted by Crippen LogP contribution is 3.02. The number of nitro groups is 1. The fraction of sp³-hybridized carbons (Fsp3) is 0. The Kier molecular flexibility index (Phi) is 3.11. The van der Waals surface area contributed by atoms with Crippen molar-refractivity contribution < 1.29 is 24.4 Å². The van der Waals surface area contributed by atoms with Crippen molar-refractivity contribution in [3.63, 3.8) is 0 Å². The molecule has 0 unspecified atom stereocenters. The molecule has 0 atom stereocenters. The van der Waals surface area contributed by atoms with Gasteiger partial charge in [0, 0.05) is 11.8 Å². The largest absolute Gasteiger partial charge is 0.340 e. The molecule has 0 aliphatic rings. The first-order valence-electron chi connectivity index (χ1n) is 5.57. The van der Waals surface area contributed by atoms with Crippen LogP contribution in [-0.4, -0.2) is 9.91 Å². The maximum atomic E-state index is 12.5. The first kappa shape index (κ1) is 15.9. The number of pyridine rings is 1. The van der Waals surface area contributed by atoms with Gasteiger partial charge in [-0.3, -0.25) is 10.1 Å². The van der Waals surface area contributed by atoms with Crippen molar-refractivity contribution in [3.8, 4) is 0 Å². The molecule has 120 valence electrons. The van der Waals surface area contributed by atoms with Crippen LogP contribution < -0.4 is 5.32 Å². The number of nitrogens with zero attached hydrogens (tertiary/aromatic N) is 2. The summed E-state index contributed by atoms with van der Waals surface area (Å²) in [6, 6.07) is 4.52. The zero-order valence-corrected chi connectivity index (χ0v) is 11.4. The van der Waals surface area contributed by atoms with Crippen LogP contribution in [-0.2, 0) is 0 Å². The van der Waals surface area contributed by atoms with E-state index in [1.54, 1.807) is 0 Å². The molecule has 0 saturated heterocycles. The Balaban J connectivity index is 2.20. The Morgan fingerprint density at radius 1 is 1.00 bits per heavy atom. The summed E-state index contributed by atoms with van der Waals surface area (Å²) in [6.07, 6.45) is 0.950. The predicted molar refractivity (Wildman–Crippen MR) is 72.0 cm³/mol. The van der Waals surface area contributed by atoms with Crippen molar-refractivity contribution in [1.82, 2.24) is 4.98 Å². The van der Waals surface area contributed by atoms with E-state index in [0.29, 0.717) is 0 Å². The predicted octanol–water partition coefficient (Wildman–Crippen LogP) is 5.39. The second-order valence-electron chi connectivity index (χ2n) is 4.28. The average molecular weight is 341 g/mol. The maximum Gasteiger partial charge on any atom is 0.310 e. The molecule has 0 aliphatic carbocycles. The number of hydrogen-bond donors (Lipinski definition) is 1. The molecule has 0 spiro atoms. The molecule has 2 aromatic rings. The van der Waals surface area contributed by atoms with Crippen LogP contribution in [0.15, 0.2) is 47.5 Å². The van der Waals surface area contributed by atoms with Crippen LogP contribution in [0.2, 0.25) is 0 Å². The molecule has 22 heavy (non-hydrogen) atoms. The Morgan fingerprint density at radius 2 is 1.59 bits per heavy atom. The van der Waals surface area contributed by atoms with Crippen LogP contribution in [0.4, 0.5) is 36.6 Å². The molecular formula is C11H8F5N3O2S. The topological polar surface area (TPSA) is 68.1 Å². The third kappa shape index (κ3) is 3.81. The van der Waals surface area contributed by atoms with Crippen molar-refractivity contribution in [3.05, 3.63) is 52.7 Å². The van der Waals surface area contributed by atoms with Gasteiger partial charge in [0.15, 0.2) is 0 Å². The second kappa shape index (κ2) is 4.29. The van der Waals surface area contributed by atoms with Gasteiger partial charge in [-0.2, -0.15) is 0 Å². The van der Waals surface area contributed by atoms with Crippen LogP contribution in [0.3, 0.4) is 0 Å². The van der Waals surface area contributed by atoms with Crippen molar-refractivity contribution in [2.75, 3.05) is 5.32 Å². The minimum atomic E-state index is -9.69. The molecule has 1 N–H and O–H groups in total. The van der Waals surface area contributed by atoms with Gasteiger partial charge in [-0.05, 0) is 30.3 Å². The number of aromatic nitrogens is 1. The summed E-state index contributed by atoms with van der Waals surface area (Å²) >= 11 is 0. The highest BCUT2D eigenvalue weighted by atomic mass is 32.5. The smallest absolute Gasteiger partial charge is 0.310 e. The van der Waals surface area contributed by atoms with Gasteiger partial charge < -0.3 is 5.32 Å². The van der Waals surface area contributed by atoms with Crippen LogP contribution in [0, 0.1) is 10.1 Å². The molecule has 0 radical (unpaired) electrons. The highest BCUT2D eigenvalue weighted by Gasteiger charge is 2.65. The molecule has 11 heteroatoms. The summed E-state index contributed by atoms with van der Waals surface area (Å²) in [5.41, 5.74) is -0.186. The molecule has 1 heterocycles. The van der Waals surface area contributed by atoms with Crippen molar-refractivity contribution >= 4 is 27.4 Å². The molecule has 1 aromatic heterocycles. The number of rotatable bonds is 4. The molecular weight excluding hydrogens is 333 g/mol. The van der Waals surface area contributed by atoms with Gasteiger partial charge in [-0.25, -0.2) is 4.98 Å². The lowest BCUT2D eigenvalue weighted by molar-refractivity contribution is -0.385. The zero-order valence-electron chi connectivity index (χ0n) is 10.6. The highest BCUT2D eigenvalue weighted by molar-refractivity contribution is 8.45. The summed E-state index contributed by atoms with van der Waals surface area (Å²) in [7, 11) is -9.69. The third-order valence-corrected chi connectivity index (χ3v) is 3.69. The van der Waals surface area contributed by atoms with Gasteiger partial charge >= 0.3 is 10.2 Å². The fourth-order valence-electron chi connectivity index (χ4n) is 1.51. The Labute approximate surface area is 120 Å². The SMILES string of the molecule is O=[N+]([O-])c1ccc(Nc2ccc(S(F)(F)(F)(F)F)cc2)nc1. The van der Waals surface area contributed by atoms with Crippen molar-refractivity contribution in [2.45, 2.75) is 4.90 Å². The van der Waals surface area contributed by atoms with E-state index in [1.807, 2.05) is 0 Å². The lowest BCUT2D eigenvalue weighted by atomic mass is 10.3. The lowest BCUT2D eigenvalue weighted by Gasteiger charge is -2.40. The standard InChI is InChI=1S/C11H8F5N3O2S/c12-22(13,14,15,16)10-4-1-8(2-5-10)18-11-6-3-9(7-17-11)19(20)21/h1-7H,(H,17,18). The zero-order chi connectivity index (χ0) is 16.7. The number of halogens is 5. The van der Waals surface area contributed by atoms with Gasteiger partial charge in [0.2, 0.25) is 0 Å². The number of anilines is 2. The summed E-state index contributed by atoms with van der Waals surface area (Å²) in [6.45, 7) is 0. The molecule has 0 fully saturated rings. The second-order valence-corrected chi connectivity index (χ2v) is 6.69. The number of benzene rings is 1. The Hall–Kier alpha value is -2.43. The van der Waals surface area contributed by atoms with E-state index in [4.69, 9.17) is 0 Å². The number of nitrogens with one attached hydrogen (secondary N) is 1. The van der Waals surface area contributed by atoms with Gasteiger partial charge in [0.05, 0.1) is 4.92 Å². The molecule has 0 aliphatic heterocycles. The van der Waals surface area contributed by atoms with Gasteiger partial charge in [0.1, 0.15) is 16.9 Å². The minimum absolute atomic E-state index is 0.0759. The molecule has 1 aromatic carbocycles. The van der Waals surface area contributed by atoms with Gasteiger partial charge in [0.25, 0.3) is 5.69 Å². The van der Waals surface area contributed by atoms with E-state index in [0.717, 1.165) is 24.4 Å². The summed E-state index contributed by atoms with van der Waals surface area (Å²) in [4.78, 5) is 11.4. The first-order chi connectivity index (χ1) is 9.85. The van der Waals surface area contributed by atoms with E-state index in [-0.39, 0.29) is 29.3 Å². The van der Waals surface area contributed by atoms with Crippen LogP contribution in [0.25, 0.3) is 0 Å². The van der Waals surface area contributed by atoms with Gasteiger partial charge in [-0.15, -0.1) is 0 Å². The summed E-state index contributed by atoms with van der Waals surface area (Å²) in [5, 5.41) is 13.0. The van der Waals surface area contributed by atoms with Crippen LogP contribution in [0.5, 0.6) is 0 Å². The van der Waals surface area contributed by atoms with E-state index >= 15 is 0 Å². The lowest BCUT2D eigenvalue weighted by Crippen LogP contribution is -2.05. The van der Waals surface area contributed by atoms with Gasteiger partial charge in [-0.1, -0.05) is 19.4 Å². The summed E-state index contributed by atoms with van der Waals surface area (Å²) in [5.74, 6) is 0.116. The van der Waals surface area contributed by atoms with E-state index in [9.17, 15) is 29.5 Å². The van der Waals surface area contributed by atoms with Crippen molar-refractivity contribution in [1.29, 1.82) is 0 Å². The number of hydrogen-bond acceptors (Lipinski definition) is 4. The minimum Gasteiger partial charge on any atom is -0.340 e. The van der Waals surface area contributed by atoms with Crippen LogP contribution in [0.1, 0.15) is 0 Å². The van der Waals surface area contributed by atoms with E-state index < -0.39 is 20.0 Å². The van der Waals surface area contributed by atoms with Crippen LogP contribution >= 0.6 is 10.2 Å². The maximum absolute atomic E-state index is 12.5. The third-order valence-electron chi connectivity index (χ3n) is 2.53. The van der Waals surface area contributed by atoms with Crippen molar-refractivity contribution in [2.24, 2.45) is 0 Å². The molecule has 0 amide bonds. The molecule has 0 bridgehead atoms. The van der Waals surface area contributed by atoms with E-state index in [2.05, 4.69) is 10.3 Å². The molecule has 5 nitrogen and oxygen atoms in total. The van der Waals surface area contributed by atoms with E-state index in [1.165, 1.54) is 6.07 Å². The first-order valence-corrected chi connectivity index (χ1v) is 7.52. The fourth-order valence-corrected chi connectivity index (χ4v) is 2.16. The molecule has 0 saturated carbocycles. The average Bonchev–Trinajstić information content (AvgIpc) is 2.37. The monoisotopic (exact) mass is 341 g/mol. The molecule has 2 rings (SSSR count). The summed E-state index contributed by atoms with van der Waals surface area (Å²) < 4.78 is 62.6.